The Balaban J connectivity index is 0.00000211. The van der Waals surface area contributed by atoms with E-state index >= 15 is 0 Å². The van der Waals surface area contributed by atoms with E-state index in [1.165, 1.54) is 88.1 Å². The summed E-state index contributed by atoms with van der Waals surface area (Å²) in [5, 5.41) is 9.49. The molecule has 4 aromatic heterocycles. The van der Waals surface area contributed by atoms with Gasteiger partial charge in [-0.05, 0) is 148 Å². The molecule has 10 aromatic carbocycles. The maximum absolute atomic E-state index is 6.45. The smallest absolute Gasteiger partial charge is 0.135 e. The standard InChI is InChI=1S/C61H36N2O2.C2H6/c1-5-13-54-44(9-1)45-10-2-6-14-55(45)62(54)42-23-27-60-52(34-42)50-32-38(21-25-58(50)64-60)36-17-19-40-29-41-20-18-37(31-49(41)48(40)30-36)39-22-26-59-51(33-39)53-35-43(24-28-61(53)65-59)63-56-15-7-3-11-46(56)47-12-4-8-16-57(47)63;1-2/h1-28,30-35H,29H2;1-2H3. The quantitative estimate of drug-likeness (QED) is 0.177. The van der Waals surface area contributed by atoms with Gasteiger partial charge in [0.2, 0.25) is 0 Å². The van der Waals surface area contributed by atoms with Crippen LogP contribution in [-0.4, -0.2) is 9.13 Å². The number of rotatable bonds is 4. The summed E-state index contributed by atoms with van der Waals surface area (Å²) in [4.78, 5) is 0. The summed E-state index contributed by atoms with van der Waals surface area (Å²) in [6, 6.07) is 75.1. The lowest BCUT2D eigenvalue weighted by atomic mass is 9.95. The van der Waals surface area contributed by atoms with Crippen LogP contribution in [0, 0.1) is 0 Å². The minimum absolute atomic E-state index is 0.891. The SMILES string of the molecule is CC.c1ccc2c(c1)c1ccccc1n2-c1ccc2oc3ccc(-c4ccc5c(c4)-c4cc(-c6ccc7oc8ccc(-n9c%10ccccc%10c%10ccccc%109)cc8c7c6)ccc4C5)cc3c2c1. The van der Waals surface area contributed by atoms with Gasteiger partial charge in [0.15, 0.2) is 0 Å². The Morgan fingerprint density at radius 1 is 0.299 bits per heavy atom. The molecule has 0 bridgehead atoms. The zero-order valence-electron chi connectivity index (χ0n) is 37.0. The summed E-state index contributed by atoms with van der Waals surface area (Å²) < 4.78 is 17.6. The van der Waals surface area contributed by atoms with E-state index < -0.39 is 0 Å². The highest BCUT2D eigenvalue weighted by atomic mass is 16.3. The molecule has 0 saturated heterocycles. The van der Waals surface area contributed by atoms with Gasteiger partial charge in [-0.3, -0.25) is 0 Å². The first-order valence-corrected chi connectivity index (χ1v) is 23.4. The fraction of sp³-hybridized carbons (Fsp3) is 0.0476. The normalized spacial score (nSPS) is 12.3. The van der Waals surface area contributed by atoms with Gasteiger partial charge in [0.25, 0.3) is 0 Å². The number of furan rings is 2. The number of nitrogens with zero attached hydrogens (tertiary/aromatic N) is 2. The highest BCUT2D eigenvalue weighted by Crippen LogP contribution is 2.44. The largest absolute Gasteiger partial charge is 0.456 e. The molecular weight excluding hydrogens is 817 g/mol. The molecule has 0 unspecified atom stereocenters. The van der Waals surface area contributed by atoms with E-state index in [0.29, 0.717) is 0 Å². The number of aromatic nitrogens is 2. The monoisotopic (exact) mass is 858 g/mol. The molecule has 4 heteroatoms. The highest BCUT2D eigenvalue weighted by Gasteiger charge is 2.22. The molecule has 0 radical (unpaired) electrons. The summed E-state index contributed by atoms with van der Waals surface area (Å²) in [6.45, 7) is 4.00. The zero-order chi connectivity index (χ0) is 44.3. The molecule has 0 saturated carbocycles. The number of para-hydroxylation sites is 4. The molecule has 1 aliphatic rings. The Morgan fingerprint density at radius 3 is 1.00 bits per heavy atom. The molecule has 0 fully saturated rings. The Morgan fingerprint density at radius 2 is 0.612 bits per heavy atom. The lowest BCUT2D eigenvalue weighted by molar-refractivity contribution is 0.668. The second kappa shape index (κ2) is 14.5. The molecule has 67 heavy (non-hydrogen) atoms. The molecule has 0 atom stereocenters. The maximum atomic E-state index is 6.45. The van der Waals surface area contributed by atoms with Crippen molar-refractivity contribution in [3.63, 3.8) is 0 Å². The second-order valence-corrected chi connectivity index (χ2v) is 17.6. The molecule has 14 aromatic rings. The molecule has 1 aliphatic carbocycles. The van der Waals surface area contributed by atoms with E-state index in [1.54, 1.807) is 0 Å². The van der Waals surface area contributed by atoms with Gasteiger partial charge in [0, 0.05) is 54.5 Å². The molecule has 4 heterocycles. The lowest BCUT2D eigenvalue weighted by Crippen LogP contribution is -1.93. The average Bonchev–Trinajstić information content (AvgIpc) is 4.20. The summed E-state index contributed by atoms with van der Waals surface area (Å²) >= 11 is 0. The highest BCUT2D eigenvalue weighted by molar-refractivity contribution is 6.13. The predicted octanol–water partition coefficient (Wildman–Crippen LogP) is 17.6. The van der Waals surface area contributed by atoms with Crippen molar-refractivity contribution in [3.05, 3.63) is 217 Å². The topological polar surface area (TPSA) is 36.1 Å². The number of fused-ring (bicyclic) bond motifs is 15. The average molecular weight is 859 g/mol. The van der Waals surface area contributed by atoms with Gasteiger partial charge in [-0.2, -0.15) is 0 Å². The number of hydrogen-bond acceptors (Lipinski definition) is 2. The third-order valence-electron chi connectivity index (χ3n) is 14.1. The van der Waals surface area contributed by atoms with Crippen LogP contribution < -0.4 is 0 Å². The van der Waals surface area contributed by atoms with Crippen molar-refractivity contribution in [1.29, 1.82) is 0 Å². The molecular formula is C63H42N2O2. The van der Waals surface area contributed by atoms with Crippen LogP contribution in [-0.2, 0) is 6.42 Å². The lowest BCUT2D eigenvalue weighted by Gasteiger charge is -2.09. The first kappa shape index (κ1) is 37.7. The Kier molecular flexibility index (Phi) is 8.14. The number of benzene rings is 10. The predicted molar refractivity (Wildman–Crippen MR) is 280 cm³/mol. The van der Waals surface area contributed by atoms with Crippen LogP contribution in [0.5, 0.6) is 0 Å². The first-order chi connectivity index (χ1) is 33.2. The second-order valence-electron chi connectivity index (χ2n) is 17.6. The fourth-order valence-corrected chi connectivity index (χ4v) is 11.1. The van der Waals surface area contributed by atoms with E-state index in [2.05, 4.69) is 215 Å². The summed E-state index contributed by atoms with van der Waals surface area (Å²) in [5.41, 5.74) is 20.7. The van der Waals surface area contributed by atoms with E-state index in [9.17, 15) is 0 Å². The van der Waals surface area contributed by atoms with Crippen molar-refractivity contribution >= 4 is 87.5 Å². The third-order valence-corrected chi connectivity index (χ3v) is 14.1. The van der Waals surface area contributed by atoms with Crippen LogP contribution in [0.4, 0.5) is 0 Å². The molecule has 15 rings (SSSR count). The van der Waals surface area contributed by atoms with Crippen LogP contribution in [0.3, 0.4) is 0 Å². The Bertz CT molecular complexity index is 3960. The summed E-state index contributed by atoms with van der Waals surface area (Å²) in [7, 11) is 0. The van der Waals surface area contributed by atoms with Crippen LogP contribution >= 0.6 is 0 Å². The molecule has 4 nitrogen and oxygen atoms in total. The van der Waals surface area contributed by atoms with Gasteiger partial charge >= 0.3 is 0 Å². The van der Waals surface area contributed by atoms with Crippen LogP contribution in [0.15, 0.2) is 215 Å². The van der Waals surface area contributed by atoms with Gasteiger partial charge in [0.05, 0.1) is 22.1 Å². The van der Waals surface area contributed by atoms with Gasteiger partial charge in [-0.1, -0.05) is 123 Å². The Labute approximate surface area is 386 Å². The molecule has 0 amide bonds. The number of hydrogen-bond donors (Lipinski definition) is 0. The van der Waals surface area contributed by atoms with Crippen molar-refractivity contribution in [2.24, 2.45) is 0 Å². The fourth-order valence-electron chi connectivity index (χ4n) is 11.1. The van der Waals surface area contributed by atoms with Crippen molar-refractivity contribution in [2.45, 2.75) is 20.3 Å². The van der Waals surface area contributed by atoms with Crippen molar-refractivity contribution in [2.75, 3.05) is 0 Å². The van der Waals surface area contributed by atoms with Crippen LogP contribution in [0.25, 0.3) is 132 Å². The van der Waals surface area contributed by atoms with Gasteiger partial charge in [0.1, 0.15) is 22.3 Å². The third kappa shape index (κ3) is 5.60. The minimum atomic E-state index is 0.891. The maximum Gasteiger partial charge on any atom is 0.135 e. The molecule has 0 spiro atoms. The minimum Gasteiger partial charge on any atom is -0.456 e. The summed E-state index contributed by atoms with van der Waals surface area (Å²) in [6.07, 6.45) is 0.930. The molecule has 316 valence electrons. The Hall–Kier alpha value is -8.60. The van der Waals surface area contributed by atoms with Gasteiger partial charge < -0.3 is 18.0 Å². The van der Waals surface area contributed by atoms with Crippen molar-refractivity contribution in [1.82, 2.24) is 9.13 Å². The summed E-state index contributed by atoms with van der Waals surface area (Å²) in [5.74, 6) is 0. The van der Waals surface area contributed by atoms with Gasteiger partial charge in [-0.25, -0.2) is 0 Å². The van der Waals surface area contributed by atoms with E-state index in [-0.39, 0.29) is 0 Å². The molecule has 0 N–H and O–H groups in total. The van der Waals surface area contributed by atoms with Crippen LogP contribution in [0.1, 0.15) is 25.0 Å². The van der Waals surface area contributed by atoms with Crippen molar-refractivity contribution < 1.29 is 8.83 Å². The van der Waals surface area contributed by atoms with Gasteiger partial charge in [-0.15, -0.1) is 0 Å². The van der Waals surface area contributed by atoms with E-state index in [1.807, 2.05) is 13.8 Å². The van der Waals surface area contributed by atoms with E-state index in [0.717, 1.165) is 61.7 Å². The van der Waals surface area contributed by atoms with Crippen molar-refractivity contribution in [3.8, 4) is 44.8 Å². The first-order valence-electron chi connectivity index (χ1n) is 23.4. The molecule has 0 aliphatic heterocycles. The zero-order valence-corrected chi connectivity index (χ0v) is 37.0. The van der Waals surface area contributed by atoms with E-state index in [4.69, 9.17) is 8.83 Å². The van der Waals surface area contributed by atoms with Crippen LogP contribution in [0.2, 0.25) is 0 Å².